The van der Waals surface area contributed by atoms with Gasteiger partial charge in [-0.2, -0.15) is 0 Å². The van der Waals surface area contributed by atoms with Crippen LogP contribution in [0.3, 0.4) is 0 Å². The number of aromatic nitrogens is 2. The smallest absolute Gasteiger partial charge is 0.223 e. The predicted molar refractivity (Wildman–Crippen MR) is 146 cm³/mol. The van der Waals surface area contributed by atoms with Gasteiger partial charge in [-0.1, -0.05) is 41.9 Å². The molecule has 1 amide bonds. The molecular formula is C30H33ClF2N4O3. The van der Waals surface area contributed by atoms with Gasteiger partial charge >= 0.3 is 0 Å². The fraction of sp³-hybridized carbons (Fsp3) is 0.467. The SMILES string of the molecule is CC1(O)CCC(NC[C@@]2(c3ccccc3)Cc3c(cc(F)c(Cl)c3C3C(C(N)=O)Cn4ccnc4C3F)O2)CC1. The van der Waals surface area contributed by atoms with Crippen molar-refractivity contribution in [3.63, 3.8) is 0 Å². The zero-order valence-electron chi connectivity index (χ0n) is 22.2. The minimum atomic E-state index is -1.72. The van der Waals surface area contributed by atoms with Gasteiger partial charge in [0.05, 0.1) is 16.5 Å². The number of alkyl halides is 1. The Morgan fingerprint density at radius 2 is 2.02 bits per heavy atom. The zero-order valence-corrected chi connectivity index (χ0v) is 23.0. The van der Waals surface area contributed by atoms with E-state index >= 15 is 8.78 Å². The third-order valence-corrected chi connectivity index (χ3v) is 9.35. The Balaban J connectivity index is 1.40. The highest BCUT2D eigenvalue weighted by molar-refractivity contribution is 6.31. The summed E-state index contributed by atoms with van der Waals surface area (Å²) in [5.74, 6) is -3.08. The van der Waals surface area contributed by atoms with Crippen LogP contribution in [-0.2, 0) is 23.4 Å². The van der Waals surface area contributed by atoms with Crippen molar-refractivity contribution in [2.75, 3.05) is 6.54 Å². The number of fused-ring (bicyclic) bond motifs is 2. The summed E-state index contributed by atoms with van der Waals surface area (Å²) < 4.78 is 39.7. The second-order valence-electron chi connectivity index (χ2n) is 11.7. The summed E-state index contributed by atoms with van der Waals surface area (Å²) in [6, 6.07) is 11.1. The van der Waals surface area contributed by atoms with Crippen LogP contribution in [0, 0.1) is 11.7 Å². The van der Waals surface area contributed by atoms with Crippen molar-refractivity contribution in [3.05, 3.63) is 82.1 Å². The highest BCUT2D eigenvalue weighted by atomic mass is 35.5. The van der Waals surface area contributed by atoms with Crippen LogP contribution < -0.4 is 15.8 Å². The molecule has 2 aromatic carbocycles. The maximum atomic E-state index is 16.2. The number of nitrogens with one attached hydrogen (secondary N) is 1. The van der Waals surface area contributed by atoms with Crippen molar-refractivity contribution in [3.8, 4) is 5.75 Å². The molecule has 2 aliphatic heterocycles. The van der Waals surface area contributed by atoms with E-state index in [1.165, 1.54) is 12.3 Å². The van der Waals surface area contributed by atoms with Gasteiger partial charge in [0.1, 0.15) is 17.4 Å². The average Bonchev–Trinajstić information content (AvgIpc) is 3.55. The summed E-state index contributed by atoms with van der Waals surface area (Å²) in [5, 5.41) is 13.8. The first-order valence-electron chi connectivity index (χ1n) is 13.7. The molecule has 7 nitrogen and oxygen atoms in total. The standard InChI is InChI=1S/C30H33ClF2N4O3/c1-29(39)9-7-18(8-10-29)36-16-30(17-5-3-2-4-6-17)14-19-22(40-30)13-21(32)25(31)23(19)24-20(27(34)38)15-37-12-11-35-28(37)26(24)33/h2-6,11-13,18,20,24,26,36,39H,7-10,14-16H2,1H3,(H2,34,38)/t18?,20?,24?,26?,29?,30-/m1/s1. The first-order valence-corrected chi connectivity index (χ1v) is 14.1. The molecule has 1 saturated carbocycles. The molecule has 10 heteroatoms. The molecule has 6 rings (SSSR count). The maximum Gasteiger partial charge on any atom is 0.223 e. The molecule has 1 fully saturated rings. The van der Waals surface area contributed by atoms with E-state index in [9.17, 15) is 9.90 Å². The summed E-state index contributed by atoms with van der Waals surface area (Å²) in [4.78, 5) is 16.8. The molecule has 3 heterocycles. The van der Waals surface area contributed by atoms with E-state index in [0.29, 0.717) is 31.4 Å². The van der Waals surface area contributed by atoms with E-state index in [1.54, 1.807) is 10.8 Å². The van der Waals surface area contributed by atoms with Crippen LogP contribution in [0.1, 0.15) is 67.2 Å². The van der Waals surface area contributed by atoms with E-state index in [2.05, 4.69) is 10.3 Å². The Morgan fingerprint density at radius 1 is 1.30 bits per heavy atom. The molecule has 1 aliphatic carbocycles. The number of primary amides is 1. The van der Waals surface area contributed by atoms with E-state index in [0.717, 1.165) is 18.4 Å². The van der Waals surface area contributed by atoms with Crippen LogP contribution in [0.5, 0.6) is 5.75 Å². The van der Waals surface area contributed by atoms with Gasteiger partial charge in [-0.15, -0.1) is 0 Å². The summed E-state index contributed by atoms with van der Waals surface area (Å²) in [7, 11) is 0. The van der Waals surface area contributed by atoms with E-state index in [-0.39, 0.29) is 34.7 Å². The Labute approximate surface area is 236 Å². The third-order valence-electron chi connectivity index (χ3n) is 8.97. The number of nitrogens with two attached hydrogens (primary N) is 1. The molecule has 0 bridgehead atoms. The molecule has 212 valence electrons. The Bertz CT molecular complexity index is 1420. The number of aliphatic hydroxyl groups is 1. The highest BCUT2D eigenvalue weighted by Crippen LogP contribution is 2.53. The minimum Gasteiger partial charge on any atom is -0.480 e. The number of rotatable bonds is 6. The second kappa shape index (κ2) is 10.1. The minimum absolute atomic E-state index is 0.120. The molecule has 3 aliphatic rings. The quantitative estimate of drug-likeness (QED) is 0.399. The molecule has 0 saturated heterocycles. The van der Waals surface area contributed by atoms with Crippen molar-refractivity contribution >= 4 is 17.5 Å². The van der Waals surface area contributed by atoms with E-state index in [4.69, 9.17) is 22.1 Å². The predicted octanol–water partition coefficient (Wildman–Crippen LogP) is 4.70. The number of carbonyl (C=O) groups is 1. The fourth-order valence-electron chi connectivity index (χ4n) is 6.70. The summed E-state index contributed by atoms with van der Waals surface area (Å²) in [6.45, 7) is 2.39. The molecule has 4 N–H and O–H groups in total. The number of halogens is 3. The summed E-state index contributed by atoms with van der Waals surface area (Å²) >= 11 is 6.60. The van der Waals surface area contributed by atoms with Crippen LogP contribution in [0.2, 0.25) is 5.02 Å². The van der Waals surface area contributed by atoms with Gasteiger partial charge in [0.25, 0.3) is 0 Å². The van der Waals surface area contributed by atoms with E-state index in [1.807, 2.05) is 37.3 Å². The lowest BCUT2D eigenvalue weighted by Gasteiger charge is -2.36. The zero-order chi connectivity index (χ0) is 28.2. The first kappa shape index (κ1) is 27.2. The fourth-order valence-corrected chi connectivity index (χ4v) is 6.99. The number of imidazole rings is 1. The molecule has 0 radical (unpaired) electrons. The van der Waals surface area contributed by atoms with Gasteiger partial charge in [0.2, 0.25) is 5.91 Å². The van der Waals surface area contributed by atoms with Gasteiger partial charge in [0, 0.05) is 55.5 Å². The second-order valence-corrected chi connectivity index (χ2v) is 12.1. The average molecular weight is 571 g/mol. The van der Waals surface area contributed by atoms with Crippen molar-refractivity contribution in [2.45, 2.75) is 74.9 Å². The van der Waals surface area contributed by atoms with Crippen LogP contribution in [0.15, 0.2) is 48.8 Å². The molecule has 3 unspecified atom stereocenters. The largest absolute Gasteiger partial charge is 0.480 e. The van der Waals surface area contributed by atoms with Gasteiger partial charge < -0.3 is 25.5 Å². The number of amides is 1. The van der Waals surface area contributed by atoms with Crippen LogP contribution in [-0.4, -0.2) is 38.8 Å². The summed E-state index contributed by atoms with van der Waals surface area (Å²) in [6.07, 6.45) is 4.67. The number of nitrogens with zero attached hydrogens (tertiary/aromatic N) is 2. The molecule has 3 aromatic rings. The number of hydrogen-bond acceptors (Lipinski definition) is 5. The number of carbonyl (C=O) groups excluding carboxylic acids is 1. The summed E-state index contributed by atoms with van der Waals surface area (Å²) in [5.41, 5.74) is 5.86. The van der Waals surface area contributed by atoms with Crippen LogP contribution >= 0.6 is 11.6 Å². The van der Waals surface area contributed by atoms with Gasteiger partial charge in [-0.05, 0) is 43.7 Å². The van der Waals surface area contributed by atoms with Crippen LogP contribution in [0.4, 0.5) is 8.78 Å². The number of benzene rings is 2. The normalized spacial score (nSPS) is 31.3. The lowest BCUT2D eigenvalue weighted by Crippen LogP contribution is -2.48. The van der Waals surface area contributed by atoms with Gasteiger partial charge in [-0.3, -0.25) is 4.79 Å². The van der Waals surface area contributed by atoms with Crippen molar-refractivity contribution in [1.29, 1.82) is 0 Å². The Kier molecular flexibility index (Phi) is 6.87. The third kappa shape index (κ3) is 4.67. The Hall–Kier alpha value is -3.01. The lowest BCUT2D eigenvalue weighted by atomic mass is 9.75. The van der Waals surface area contributed by atoms with Crippen molar-refractivity contribution < 1.29 is 23.4 Å². The number of hydrogen-bond donors (Lipinski definition) is 3. The topological polar surface area (TPSA) is 102 Å². The monoisotopic (exact) mass is 570 g/mol. The first-order chi connectivity index (χ1) is 19.1. The van der Waals surface area contributed by atoms with Gasteiger partial charge in [-0.25, -0.2) is 13.8 Å². The molecule has 1 aromatic heterocycles. The number of ether oxygens (including phenoxy) is 1. The molecule has 4 atom stereocenters. The van der Waals surface area contributed by atoms with Crippen molar-refractivity contribution in [1.82, 2.24) is 14.9 Å². The van der Waals surface area contributed by atoms with Crippen molar-refractivity contribution in [2.24, 2.45) is 11.7 Å². The lowest BCUT2D eigenvalue weighted by molar-refractivity contribution is -0.124. The molecule has 0 spiro atoms. The van der Waals surface area contributed by atoms with Gasteiger partial charge in [0.15, 0.2) is 11.8 Å². The van der Waals surface area contributed by atoms with Crippen LogP contribution in [0.25, 0.3) is 0 Å². The Morgan fingerprint density at radius 3 is 2.73 bits per heavy atom. The molecular weight excluding hydrogens is 538 g/mol. The highest BCUT2D eigenvalue weighted by Gasteiger charge is 2.49. The van der Waals surface area contributed by atoms with E-state index < -0.39 is 40.9 Å². The molecule has 40 heavy (non-hydrogen) atoms. The maximum absolute atomic E-state index is 16.2.